The van der Waals surface area contributed by atoms with Crippen molar-refractivity contribution in [1.29, 1.82) is 0 Å². The Balaban J connectivity index is 1.79. The zero-order valence-electron chi connectivity index (χ0n) is 11.9. The van der Waals surface area contributed by atoms with Crippen molar-refractivity contribution in [3.05, 3.63) is 0 Å². The van der Waals surface area contributed by atoms with Crippen LogP contribution in [-0.2, 0) is 0 Å². The van der Waals surface area contributed by atoms with Crippen molar-refractivity contribution in [3.63, 3.8) is 0 Å². The van der Waals surface area contributed by atoms with E-state index in [1.807, 2.05) is 0 Å². The smallest absolute Gasteiger partial charge is 0.115 e. The first-order valence-corrected chi connectivity index (χ1v) is 7.67. The van der Waals surface area contributed by atoms with Crippen LogP contribution in [-0.4, -0.2) is 25.3 Å². The molecule has 6 atom stereocenters. The Labute approximate surface area is 111 Å². The first kappa shape index (κ1) is 14.3. The summed E-state index contributed by atoms with van der Waals surface area (Å²) in [5.74, 6) is 2.17. The molecule has 0 aliphatic heterocycles. The summed E-state index contributed by atoms with van der Waals surface area (Å²) < 4.78 is 13.6. The molecule has 0 radical (unpaired) electrons. The van der Waals surface area contributed by atoms with Crippen LogP contribution in [0.1, 0.15) is 51.9 Å². The number of halogens is 1. The van der Waals surface area contributed by atoms with Crippen LogP contribution >= 0.6 is 0 Å². The number of nitrogens with one attached hydrogen (secondary N) is 1. The van der Waals surface area contributed by atoms with E-state index in [0.29, 0.717) is 18.4 Å². The van der Waals surface area contributed by atoms with E-state index in [4.69, 9.17) is 5.73 Å². The second kappa shape index (κ2) is 6.33. The van der Waals surface area contributed by atoms with Crippen molar-refractivity contribution >= 4 is 0 Å². The second-order valence-electron chi connectivity index (χ2n) is 6.65. The van der Waals surface area contributed by atoms with Crippen molar-refractivity contribution in [1.82, 2.24) is 5.32 Å². The highest BCUT2D eigenvalue weighted by Gasteiger charge is 2.32. The third-order valence-corrected chi connectivity index (χ3v) is 5.27. The molecule has 6 unspecified atom stereocenters. The lowest BCUT2D eigenvalue weighted by molar-refractivity contribution is 0.132. The molecule has 3 heteroatoms. The van der Waals surface area contributed by atoms with Gasteiger partial charge in [-0.05, 0) is 63.3 Å². The zero-order valence-corrected chi connectivity index (χ0v) is 11.9. The van der Waals surface area contributed by atoms with Crippen LogP contribution in [0.4, 0.5) is 4.39 Å². The molecule has 2 fully saturated rings. The predicted molar refractivity (Wildman–Crippen MR) is 74.2 cm³/mol. The summed E-state index contributed by atoms with van der Waals surface area (Å²) in [5, 5.41) is 3.44. The quantitative estimate of drug-likeness (QED) is 0.815. The van der Waals surface area contributed by atoms with E-state index in [1.165, 1.54) is 25.7 Å². The second-order valence-corrected chi connectivity index (χ2v) is 6.65. The molecule has 0 aromatic rings. The minimum absolute atomic E-state index is 0.197. The van der Waals surface area contributed by atoms with Gasteiger partial charge in [0.25, 0.3) is 0 Å². The van der Waals surface area contributed by atoms with Crippen LogP contribution in [0.5, 0.6) is 0 Å². The summed E-state index contributed by atoms with van der Waals surface area (Å²) in [4.78, 5) is 0. The predicted octanol–water partition coefficient (Wildman–Crippen LogP) is 2.87. The molecule has 0 amide bonds. The molecule has 2 rings (SSSR count). The van der Waals surface area contributed by atoms with Crippen molar-refractivity contribution in [2.75, 3.05) is 7.05 Å². The third kappa shape index (κ3) is 3.45. The van der Waals surface area contributed by atoms with Gasteiger partial charge in [0.1, 0.15) is 6.17 Å². The molecule has 0 aromatic carbocycles. The lowest BCUT2D eigenvalue weighted by Crippen LogP contribution is -2.40. The zero-order chi connectivity index (χ0) is 13.1. The molecule has 2 nitrogen and oxygen atoms in total. The summed E-state index contributed by atoms with van der Waals surface area (Å²) in [7, 11) is 2.07. The van der Waals surface area contributed by atoms with Crippen molar-refractivity contribution in [2.45, 2.75) is 70.1 Å². The van der Waals surface area contributed by atoms with Crippen molar-refractivity contribution < 1.29 is 4.39 Å². The maximum Gasteiger partial charge on any atom is 0.115 e. The molecule has 0 saturated heterocycles. The van der Waals surface area contributed by atoms with Crippen LogP contribution in [0, 0.1) is 17.8 Å². The number of alkyl halides is 1. The highest BCUT2D eigenvalue weighted by atomic mass is 19.1. The highest BCUT2D eigenvalue weighted by molar-refractivity contribution is 4.87. The van der Waals surface area contributed by atoms with Crippen LogP contribution in [0.25, 0.3) is 0 Å². The van der Waals surface area contributed by atoms with Crippen LogP contribution in [0.3, 0.4) is 0 Å². The number of rotatable bonds is 3. The van der Waals surface area contributed by atoms with Gasteiger partial charge in [-0.3, -0.25) is 0 Å². The molecule has 0 bridgehead atoms. The van der Waals surface area contributed by atoms with Gasteiger partial charge in [0, 0.05) is 12.1 Å². The van der Waals surface area contributed by atoms with E-state index in [-0.39, 0.29) is 6.04 Å². The fraction of sp³-hybridized carbons (Fsp3) is 1.00. The standard InChI is InChI=1S/C15H29FN2/c1-10-3-4-12(9-15(10)18-2)7-11-5-6-14(17)13(16)8-11/h10-15,18H,3-9,17H2,1-2H3. The Hall–Kier alpha value is -0.150. The lowest BCUT2D eigenvalue weighted by Gasteiger charge is -2.37. The minimum Gasteiger partial charge on any atom is -0.325 e. The molecule has 2 aliphatic rings. The Morgan fingerprint density at radius 2 is 1.78 bits per heavy atom. The number of hydrogen-bond acceptors (Lipinski definition) is 2. The van der Waals surface area contributed by atoms with E-state index >= 15 is 0 Å². The minimum atomic E-state index is -0.758. The summed E-state index contributed by atoms with van der Waals surface area (Å²) in [6, 6.07) is 0.466. The van der Waals surface area contributed by atoms with Crippen LogP contribution < -0.4 is 11.1 Å². The third-order valence-electron chi connectivity index (χ3n) is 5.27. The van der Waals surface area contributed by atoms with Gasteiger partial charge in [-0.15, -0.1) is 0 Å². The van der Waals surface area contributed by atoms with Crippen molar-refractivity contribution in [3.8, 4) is 0 Å². The lowest BCUT2D eigenvalue weighted by atomic mass is 9.72. The molecular weight excluding hydrogens is 227 g/mol. The summed E-state index contributed by atoms with van der Waals surface area (Å²) in [6.45, 7) is 2.34. The first-order chi connectivity index (χ1) is 8.60. The van der Waals surface area contributed by atoms with Gasteiger partial charge in [-0.2, -0.15) is 0 Å². The van der Waals surface area contributed by atoms with Gasteiger partial charge in [-0.25, -0.2) is 4.39 Å². The first-order valence-electron chi connectivity index (χ1n) is 7.67. The Morgan fingerprint density at radius 3 is 2.44 bits per heavy atom. The topological polar surface area (TPSA) is 38.0 Å². The average Bonchev–Trinajstić information content (AvgIpc) is 2.36. The SMILES string of the molecule is CNC1CC(CC2CCC(N)C(F)C2)CCC1C. The molecule has 106 valence electrons. The molecule has 0 heterocycles. The highest BCUT2D eigenvalue weighted by Crippen LogP contribution is 2.37. The van der Waals surface area contributed by atoms with E-state index in [2.05, 4.69) is 19.3 Å². The summed E-state index contributed by atoms with van der Waals surface area (Å²) in [5.41, 5.74) is 5.75. The number of hydrogen-bond donors (Lipinski definition) is 2. The van der Waals surface area contributed by atoms with E-state index in [9.17, 15) is 4.39 Å². The maximum absolute atomic E-state index is 13.6. The molecular formula is C15H29FN2. The molecule has 3 N–H and O–H groups in total. The Morgan fingerprint density at radius 1 is 1.11 bits per heavy atom. The Kier molecular flexibility index (Phi) is 5.02. The monoisotopic (exact) mass is 256 g/mol. The van der Waals surface area contributed by atoms with Crippen LogP contribution in [0.15, 0.2) is 0 Å². The average molecular weight is 256 g/mol. The van der Waals surface area contributed by atoms with E-state index in [1.54, 1.807) is 0 Å². The van der Waals surface area contributed by atoms with Gasteiger partial charge in [-0.1, -0.05) is 13.3 Å². The molecule has 18 heavy (non-hydrogen) atoms. The largest absolute Gasteiger partial charge is 0.325 e. The van der Waals surface area contributed by atoms with E-state index < -0.39 is 6.17 Å². The molecule has 2 saturated carbocycles. The normalized spacial score (nSPS) is 46.0. The van der Waals surface area contributed by atoms with E-state index in [0.717, 1.165) is 24.7 Å². The maximum atomic E-state index is 13.6. The number of nitrogens with two attached hydrogens (primary N) is 1. The summed E-state index contributed by atoms with van der Waals surface area (Å²) in [6.07, 6.45) is 7.11. The van der Waals surface area contributed by atoms with Gasteiger partial charge in [0.15, 0.2) is 0 Å². The van der Waals surface area contributed by atoms with Gasteiger partial charge >= 0.3 is 0 Å². The Bertz CT molecular complexity index is 259. The van der Waals surface area contributed by atoms with Crippen molar-refractivity contribution in [2.24, 2.45) is 23.5 Å². The van der Waals surface area contributed by atoms with Crippen LogP contribution in [0.2, 0.25) is 0 Å². The molecule has 2 aliphatic carbocycles. The molecule has 0 spiro atoms. The fourth-order valence-corrected chi connectivity index (χ4v) is 3.93. The van der Waals surface area contributed by atoms with Gasteiger partial charge in [0.2, 0.25) is 0 Å². The van der Waals surface area contributed by atoms with Gasteiger partial charge < -0.3 is 11.1 Å². The van der Waals surface area contributed by atoms with Gasteiger partial charge in [0.05, 0.1) is 0 Å². The summed E-state index contributed by atoms with van der Waals surface area (Å²) >= 11 is 0. The molecule has 0 aromatic heterocycles. The fourth-order valence-electron chi connectivity index (χ4n) is 3.93.